The molecule has 6 unspecified atom stereocenters. The van der Waals surface area contributed by atoms with E-state index in [1.54, 1.807) is 55.4 Å². The number of ether oxygens (including phenoxy) is 17. The SMILES string of the molecule is CCC(COCC1CO1)(COCC1CO1)COCC1CO1.CCOC(=O)CN(CC(=O)OCC)CC(O)COCC(CC)(COCC(O)CN(CC(=O)OCC)CC(=O)OCC)COCC(O)CN(CC(=O)OCC)CC(=O)OCC.CCOC(=O)CNCC(=O)OCC.I.II.I[I-]I. The molecule has 0 spiro atoms. The van der Waals surface area contributed by atoms with Crippen LogP contribution in [0.2, 0.25) is 0 Å². The van der Waals surface area contributed by atoms with Gasteiger partial charge >= 0.3 is 98.2 Å². The second-order valence-electron chi connectivity index (χ2n) is 22.2. The van der Waals surface area contributed by atoms with Gasteiger partial charge in [-0.05, 0) is 68.2 Å². The van der Waals surface area contributed by atoms with Crippen LogP contribution in [0, 0.1) is 10.8 Å². The van der Waals surface area contributed by atoms with E-state index >= 15 is 0 Å². The van der Waals surface area contributed by atoms with E-state index in [0.717, 1.165) is 26.2 Å². The van der Waals surface area contributed by atoms with Gasteiger partial charge in [-0.25, -0.2) is 0 Å². The number of halogens is 6. The number of carbonyl (C=O) groups excluding carboxylic acids is 8. The number of nitrogens with one attached hydrogen (secondary N) is 1. The van der Waals surface area contributed by atoms with Gasteiger partial charge < -0.3 is 95.8 Å². The summed E-state index contributed by atoms with van der Waals surface area (Å²) in [5, 5.41) is 35.3. The number of carbonyl (C=O) groups is 8. The molecular weight excluding hydrogens is 2010 g/mol. The van der Waals surface area contributed by atoms with Crippen LogP contribution in [0.1, 0.15) is 82.1 Å². The van der Waals surface area contributed by atoms with Crippen LogP contribution in [0.5, 0.6) is 0 Å². The molecule has 0 bridgehead atoms. The summed E-state index contributed by atoms with van der Waals surface area (Å²) >= 11 is 9.54. The van der Waals surface area contributed by atoms with E-state index in [1.165, 1.54) is 14.7 Å². The Morgan fingerprint density at radius 1 is 0.400 bits per heavy atom. The number of aliphatic hydroxyl groups excluding tert-OH is 3. The quantitative estimate of drug-likeness (QED) is 0.0275. The van der Waals surface area contributed by atoms with Crippen LogP contribution in [-0.4, -0.2) is 338 Å². The first-order chi connectivity index (χ1) is 47.5. The number of esters is 8. The Bertz CT molecular complexity index is 1860. The predicted molar refractivity (Wildman–Crippen MR) is 404 cm³/mol. The van der Waals surface area contributed by atoms with Crippen molar-refractivity contribution in [2.24, 2.45) is 10.8 Å². The molecule has 100 heavy (non-hydrogen) atoms. The molecule has 3 rings (SSSR count). The minimum atomic E-state index is -1.16. The average molecular weight is 2120 g/mol. The number of hydrogen-bond donors (Lipinski definition) is 4. The molecule has 592 valence electrons. The topological polar surface area (TPSA) is 386 Å². The van der Waals surface area contributed by atoms with Gasteiger partial charge in [0.05, 0.1) is 223 Å². The van der Waals surface area contributed by atoms with Crippen LogP contribution in [0.4, 0.5) is 0 Å². The molecule has 0 aromatic rings. The molecule has 0 aromatic carbocycles. The first-order valence-corrected chi connectivity index (χ1v) is 51.9. The third-order valence-electron chi connectivity index (χ3n) is 13.5. The van der Waals surface area contributed by atoms with Crippen molar-refractivity contribution < 1.29 is 147 Å². The zero-order chi connectivity index (χ0) is 74.7. The van der Waals surface area contributed by atoms with E-state index in [-0.39, 0.29) is 193 Å². The Hall–Kier alpha value is -0.500. The van der Waals surface area contributed by atoms with Gasteiger partial charge in [-0.2, -0.15) is 0 Å². The minimum absolute atomic E-state index is 0. The van der Waals surface area contributed by atoms with Crippen molar-refractivity contribution in [2.45, 2.75) is 119 Å². The van der Waals surface area contributed by atoms with Crippen molar-refractivity contribution in [3.8, 4) is 0 Å². The van der Waals surface area contributed by atoms with Crippen molar-refractivity contribution in [3.05, 3.63) is 0 Å². The number of nitrogens with zero attached hydrogens (tertiary/aromatic N) is 3. The van der Waals surface area contributed by atoms with Crippen LogP contribution in [0.3, 0.4) is 0 Å². The van der Waals surface area contributed by atoms with E-state index in [9.17, 15) is 53.7 Å². The summed E-state index contributed by atoms with van der Waals surface area (Å²) in [6.45, 7) is 22.3. The predicted octanol–water partition coefficient (Wildman–Crippen LogP) is 0.296. The number of epoxide rings is 3. The molecule has 6 atom stereocenters. The Kier molecular flexibility index (Phi) is 70.3. The average Bonchev–Trinajstić information content (AvgIpc) is 1.84. The molecule has 3 saturated heterocycles. The van der Waals surface area contributed by atoms with Crippen LogP contribution in [-0.2, 0) is 119 Å². The summed E-state index contributed by atoms with van der Waals surface area (Å²) in [5.41, 5.74) is -1.03. The molecule has 38 heteroatoms. The maximum atomic E-state index is 12.2. The fraction of sp³-hybridized carbons (Fsp3) is 0.871. The summed E-state index contributed by atoms with van der Waals surface area (Å²) in [4.78, 5) is 98.8. The summed E-state index contributed by atoms with van der Waals surface area (Å²) in [7, 11) is 0. The van der Waals surface area contributed by atoms with E-state index in [4.69, 9.17) is 71.1 Å². The first-order valence-electron chi connectivity index (χ1n) is 33.0. The molecule has 0 aliphatic carbocycles. The third kappa shape index (κ3) is 60.5. The molecule has 3 aliphatic rings. The standard InChI is InChI=1S/C39H71N3O18.C15H26O6.C8H15NO4.I3.I2.HI/c1-8-39(27-52-24-30(43)15-40(18-33(46)55-9-2)19-34(47)56-10-3,28-53-25-31(44)16-41(20-35(48)57-11-4)21-36(49)58-12-5)29-54-26-32(45)17-42(22-37(50)59-13-6)23-38(51)60-14-7;1-2-15(9-16-3-12-6-19-12,10-17-4-13-7-20-13)11-18-5-14-8-21-14;1-3-12-7(10)5-9-6-8(11)13-4-2;1-3-2;1-2;/h30-32,43-45H,8-29H2,1-7H3;12-14H,2-11H2,1H3;9H,3-6H2,1-2H3;;;1H/q;;;-1;;. The monoisotopic (exact) mass is 2120 g/mol. The van der Waals surface area contributed by atoms with Crippen LogP contribution < -0.4 is 18.6 Å². The van der Waals surface area contributed by atoms with Crippen LogP contribution in [0.15, 0.2) is 0 Å². The van der Waals surface area contributed by atoms with E-state index in [0.29, 0.717) is 90.8 Å². The molecule has 0 amide bonds. The Morgan fingerprint density at radius 2 is 0.590 bits per heavy atom. The van der Waals surface area contributed by atoms with Crippen LogP contribution >= 0.6 is 98.4 Å². The van der Waals surface area contributed by atoms with Gasteiger partial charge in [-0.3, -0.25) is 58.4 Å². The zero-order valence-corrected chi connectivity index (χ0v) is 72.7. The van der Waals surface area contributed by atoms with Gasteiger partial charge in [0, 0.05) is 67.7 Å². The van der Waals surface area contributed by atoms with Crippen molar-refractivity contribution in [1.82, 2.24) is 20.0 Å². The fourth-order valence-electron chi connectivity index (χ4n) is 8.44. The summed E-state index contributed by atoms with van der Waals surface area (Å²) in [6, 6.07) is 0. The van der Waals surface area contributed by atoms with Gasteiger partial charge in [0.1, 0.15) is 18.3 Å². The molecule has 3 aliphatic heterocycles. The van der Waals surface area contributed by atoms with E-state index < -0.39 is 59.5 Å². The summed E-state index contributed by atoms with van der Waals surface area (Å²) in [5.74, 6) is -4.27. The van der Waals surface area contributed by atoms with Gasteiger partial charge in [0.2, 0.25) is 0 Å². The second-order valence-corrected chi connectivity index (χ2v) is 38.5. The van der Waals surface area contributed by atoms with Gasteiger partial charge in [-0.1, -0.05) is 13.8 Å². The molecule has 0 saturated carbocycles. The van der Waals surface area contributed by atoms with Crippen molar-refractivity contribution in [3.63, 3.8) is 0 Å². The molecule has 0 aromatic heterocycles. The van der Waals surface area contributed by atoms with Gasteiger partial charge in [0.15, 0.2) is 0 Å². The van der Waals surface area contributed by atoms with Gasteiger partial charge in [-0.15, -0.1) is 24.0 Å². The summed E-state index contributed by atoms with van der Waals surface area (Å²) < 4.78 is 90.1. The molecule has 32 nitrogen and oxygen atoms in total. The Labute approximate surface area is 660 Å². The number of aliphatic hydroxyl groups is 3. The van der Waals surface area contributed by atoms with Gasteiger partial charge in [0.25, 0.3) is 0 Å². The van der Waals surface area contributed by atoms with Crippen molar-refractivity contribution in [2.75, 3.05) is 224 Å². The van der Waals surface area contributed by atoms with Crippen molar-refractivity contribution >= 4 is 146 Å². The molecule has 0 radical (unpaired) electrons. The Balaban J connectivity index is -0.00000188. The molecular formula is C62H113I6N4O28-. The number of hydrogen-bond acceptors (Lipinski definition) is 32. The molecule has 3 fully saturated rings. The molecule has 4 N–H and O–H groups in total. The van der Waals surface area contributed by atoms with E-state index in [1.807, 2.05) is 6.92 Å². The maximum absolute atomic E-state index is 12.2. The van der Waals surface area contributed by atoms with E-state index in [2.05, 4.69) is 96.2 Å². The molecule has 3 heterocycles. The fourth-order valence-corrected chi connectivity index (χ4v) is 8.44. The van der Waals surface area contributed by atoms with Crippen molar-refractivity contribution in [1.29, 1.82) is 0 Å². The first kappa shape index (κ1) is 104. The Morgan fingerprint density at radius 3 is 0.770 bits per heavy atom. The third-order valence-corrected chi connectivity index (χ3v) is 13.5. The summed E-state index contributed by atoms with van der Waals surface area (Å²) in [6.07, 6.45) is -1.28. The normalized spacial score (nSPS) is 16.7. The zero-order valence-electron chi connectivity index (χ0n) is 59.6. The number of rotatable bonds is 56. The second kappa shape index (κ2) is 67.8. The van der Waals surface area contributed by atoms with Crippen LogP contribution in [0.25, 0.3) is 0 Å².